The molecular formula is C51H36N2. The molecule has 250 valence electrons. The molecule has 0 unspecified atom stereocenters. The summed E-state index contributed by atoms with van der Waals surface area (Å²) in [7, 11) is 0. The molecule has 2 aromatic heterocycles. The Morgan fingerprint density at radius 3 is 1.62 bits per heavy atom. The lowest BCUT2D eigenvalue weighted by molar-refractivity contribution is 0.660. The van der Waals surface area contributed by atoms with Gasteiger partial charge in [0.05, 0.1) is 27.8 Å². The van der Waals surface area contributed by atoms with Crippen molar-refractivity contribution in [1.82, 2.24) is 9.13 Å². The van der Waals surface area contributed by atoms with E-state index in [4.69, 9.17) is 0 Å². The van der Waals surface area contributed by atoms with E-state index in [-0.39, 0.29) is 5.41 Å². The zero-order valence-corrected chi connectivity index (χ0v) is 29.7. The number of fused-ring (bicyclic) bond motifs is 9. The van der Waals surface area contributed by atoms with Gasteiger partial charge in [0.25, 0.3) is 0 Å². The lowest BCUT2D eigenvalue weighted by Crippen LogP contribution is -2.14. The molecule has 2 heteroatoms. The molecule has 8 aromatic carbocycles. The van der Waals surface area contributed by atoms with Crippen molar-refractivity contribution in [3.63, 3.8) is 0 Å². The minimum Gasteiger partial charge on any atom is -0.309 e. The van der Waals surface area contributed by atoms with E-state index in [1.807, 2.05) is 0 Å². The Bertz CT molecular complexity index is 3080. The second-order valence-electron chi connectivity index (χ2n) is 15.0. The van der Waals surface area contributed by atoms with Crippen LogP contribution in [0, 0.1) is 0 Å². The Balaban J connectivity index is 1.09. The van der Waals surface area contributed by atoms with Gasteiger partial charge < -0.3 is 9.13 Å². The van der Waals surface area contributed by atoms with Crippen LogP contribution in [0.25, 0.3) is 88.4 Å². The summed E-state index contributed by atoms with van der Waals surface area (Å²) < 4.78 is 4.90. The molecule has 0 amide bonds. The molecular weight excluding hydrogens is 641 g/mol. The smallest absolute Gasteiger partial charge is 0.0543 e. The maximum absolute atomic E-state index is 2.49. The maximum atomic E-state index is 2.49. The van der Waals surface area contributed by atoms with Gasteiger partial charge in [-0.15, -0.1) is 0 Å². The number of nitrogens with zero attached hydrogens (tertiary/aromatic N) is 2. The van der Waals surface area contributed by atoms with E-state index in [1.165, 1.54) is 93.8 Å². The minimum atomic E-state index is -0.0552. The Morgan fingerprint density at radius 1 is 0.358 bits per heavy atom. The Kier molecular flexibility index (Phi) is 6.33. The summed E-state index contributed by atoms with van der Waals surface area (Å²) in [5, 5.41) is 5.05. The van der Waals surface area contributed by atoms with Crippen LogP contribution in [-0.4, -0.2) is 9.13 Å². The molecule has 11 rings (SSSR count). The molecule has 53 heavy (non-hydrogen) atoms. The lowest BCUT2D eigenvalue weighted by atomic mass is 9.82. The predicted octanol–water partition coefficient (Wildman–Crippen LogP) is 13.5. The van der Waals surface area contributed by atoms with Crippen LogP contribution >= 0.6 is 0 Å². The van der Waals surface area contributed by atoms with Crippen LogP contribution in [0.5, 0.6) is 0 Å². The number of benzene rings is 8. The molecule has 0 N–H and O–H groups in total. The first-order chi connectivity index (χ1) is 26.1. The van der Waals surface area contributed by atoms with Crippen LogP contribution in [0.2, 0.25) is 0 Å². The average molecular weight is 677 g/mol. The van der Waals surface area contributed by atoms with Crippen LogP contribution in [0.1, 0.15) is 25.0 Å². The number of para-hydroxylation sites is 2. The third-order valence-corrected chi connectivity index (χ3v) is 11.7. The van der Waals surface area contributed by atoms with Crippen molar-refractivity contribution in [1.29, 1.82) is 0 Å². The SMILES string of the molecule is CC1(C)c2ccccc2-c2c(-n3c4ccccc4c4cc(-c5ccc6c(c5)c5ccccc5n6-c5cccc(-c6ccccc6)c5)ccc43)cccc21. The number of hydrogen-bond donors (Lipinski definition) is 0. The van der Waals surface area contributed by atoms with Gasteiger partial charge in [0.2, 0.25) is 0 Å². The molecule has 0 saturated carbocycles. The second kappa shape index (κ2) is 11.2. The molecule has 0 atom stereocenters. The lowest BCUT2D eigenvalue weighted by Gasteiger charge is -2.21. The van der Waals surface area contributed by atoms with E-state index < -0.39 is 0 Å². The zero-order valence-electron chi connectivity index (χ0n) is 29.7. The van der Waals surface area contributed by atoms with Gasteiger partial charge in [-0.25, -0.2) is 0 Å². The van der Waals surface area contributed by atoms with Crippen LogP contribution in [-0.2, 0) is 5.41 Å². The summed E-state index contributed by atoms with van der Waals surface area (Å²) in [5.41, 5.74) is 17.6. The molecule has 2 heterocycles. The predicted molar refractivity (Wildman–Crippen MR) is 224 cm³/mol. The normalized spacial score (nSPS) is 13.2. The number of aromatic nitrogens is 2. The largest absolute Gasteiger partial charge is 0.309 e. The van der Waals surface area contributed by atoms with E-state index in [2.05, 4.69) is 205 Å². The molecule has 1 aliphatic carbocycles. The highest BCUT2D eigenvalue weighted by Gasteiger charge is 2.37. The van der Waals surface area contributed by atoms with Crippen molar-refractivity contribution in [3.05, 3.63) is 193 Å². The van der Waals surface area contributed by atoms with Crippen molar-refractivity contribution in [2.24, 2.45) is 0 Å². The van der Waals surface area contributed by atoms with Gasteiger partial charge in [0, 0.05) is 38.2 Å². The quantitative estimate of drug-likeness (QED) is 0.176. The maximum Gasteiger partial charge on any atom is 0.0543 e. The molecule has 0 bridgehead atoms. The van der Waals surface area contributed by atoms with Gasteiger partial charge >= 0.3 is 0 Å². The fourth-order valence-electron chi connectivity index (χ4n) is 9.22. The van der Waals surface area contributed by atoms with Gasteiger partial charge in [-0.1, -0.05) is 141 Å². The Morgan fingerprint density at radius 2 is 0.887 bits per heavy atom. The van der Waals surface area contributed by atoms with E-state index >= 15 is 0 Å². The first-order valence-corrected chi connectivity index (χ1v) is 18.5. The highest BCUT2D eigenvalue weighted by molar-refractivity contribution is 6.13. The van der Waals surface area contributed by atoms with Crippen LogP contribution in [0.15, 0.2) is 182 Å². The van der Waals surface area contributed by atoms with Crippen LogP contribution in [0.3, 0.4) is 0 Å². The summed E-state index contributed by atoms with van der Waals surface area (Å²) in [6, 6.07) is 67.0. The van der Waals surface area contributed by atoms with Crippen molar-refractivity contribution >= 4 is 43.6 Å². The summed E-state index contributed by atoms with van der Waals surface area (Å²) >= 11 is 0. The number of rotatable bonds is 4. The van der Waals surface area contributed by atoms with E-state index in [1.54, 1.807) is 0 Å². The van der Waals surface area contributed by atoms with Gasteiger partial charge in [-0.2, -0.15) is 0 Å². The van der Waals surface area contributed by atoms with Crippen LogP contribution in [0.4, 0.5) is 0 Å². The molecule has 0 saturated heterocycles. The van der Waals surface area contributed by atoms with Gasteiger partial charge in [0.1, 0.15) is 0 Å². The van der Waals surface area contributed by atoms with E-state index in [0.29, 0.717) is 0 Å². The van der Waals surface area contributed by atoms with Crippen LogP contribution < -0.4 is 0 Å². The topological polar surface area (TPSA) is 9.86 Å². The minimum absolute atomic E-state index is 0.0552. The summed E-state index contributed by atoms with van der Waals surface area (Å²) in [6.45, 7) is 4.71. The van der Waals surface area contributed by atoms with Crippen molar-refractivity contribution in [2.75, 3.05) is 0 Å². The van der Waals surface area contributed by atoms with Crippen molar-refractivity contribution < 1.29 is 0 Å². The third kappa shape index (κ3) is 4.33. The first kappa shape index (κ1) is 30.0. The molecule has 0 aliphatic heterocycles. The fraction of sp³-hybridized carbons (Fsp3) is 0.0588. The van der Waals surface area contributed by atoms with Gasteiger partial charge in [-0.05, 0) is 93.5 Å². The molecule has 0 radical (unpaired) electrons. The average Bonchev–Trinajstić information content (AvgIpc) is 3.81. The number of hydrogen-bond acceptors (Lipinski definition) is 0. The molecule has 0 spiro atoms. The Hall–Kier alpha value is -6.64. The highest BCUT2D eigenvalue weighted by Crippen LogP contribution is 2.51. The Labute approximate surface area is 308 Å². The molecule has 1 aliphatic rings. The van der Waals surface area contributed by atoms with Gasteiger partial charge in [0.15, 0.2) is 0 Å². The summed E-state index contributed by atoms with van der Waals surface area (Å²) in [4.78, 5) is 0. The van der Waals surface area contributed by atoms with Crippen molar-refractivity contribution in [2.45, 2.75) is 19.3 Å². The molecule has 0 fully saturated rings. The first-order valence-electron chi connectivity index (χ1n) is 18.5. The zero-order chi connectivity index (χ0) is 35.3. The van der Waals surface area contributed by atoms with E-state index in [9.17, 15) is 0 Å². The van der Waals surface area contributed by atoms with Gasteiger partial charge in [-0.3, -0.25) is 0 Å². The fourth-order valence-corrected chi connectivity index (χ4v) is 9.22. The monoisotopic (exact) mass is 676 g/mol. The highest BCUT2D eigenvalue weighted by atomic mass is 15.0. The third-order valence-electron chi connectivity index (χ3n) is 11.7. The standard InChI is InChI=1S/C51H36N2/c1-51(2)43-21-9-6-20-40(43)50-44(51)22-13-25-49(50)53-46-24-11-8-19-39(46)42-32-36(27-29-48(42)53)35-26-28-47-41(31-35)38-18-7-10-23-45(38)52(47)37-17-12-16-34(30-37)33-14-4-3-5-15-33/h3-32H,1-2H3. The summed E-state index contributed by atoms with van der Waals surface area (Å²) in [6.07, 6.45) is 0. The van der Waals surface area contributed by atoms with Crippen molar-refractivity contribution in [3.8, 4) is 44.8 Å². The molecule has 10 aromatic rings. The second-order valence-corrected chi connectivity index (χ2v) is 15.0. The summed E-state index contributed by atoms with van der Waals surface area (Å²) in [5.74, 6) is 0. The van der Waals surface area contributed by atoms with E-state index in [0.717, 1.165) is 5.69 Å². The molecule has 2 nitrogen and oxygen atoms in total.